The van der Waals surface area contributed by atoms with E-state index < -0.39 is 11.2 Å². The molecule has 0 aliphatic carbocycles. The Bertz CT molecular complexity index is 1410. The first-order chi connectivity index (χ1) is 20.4. The number of hydrogen-bond acceptors (Lipinski definition) is 8. The molecule has 0 bridgehead atoms. The van der Waals surface area contributed by atoms with Crippen molar-refractivity contribution in [2.75, 3.05) is 33.9 Å². The summed E-state index contributed by atoms with van der Waals surface area (Å²) in [4.78, 5) is 44.9. The Morgan fingerprint density at radius 1 is 0.952 bits per heavy atom. The van der Waals surface area contributed by atoms with Crippen LogP contribution in [0.5, 0.6) is 11.5 Å². The van der Waals surface area contributed by atoms with Gasteiger partial charge in [0.2, 0.25) is 11.8 Å². The standard InChI is InChI=1S/C32H35N3O6S/c1-4-41-31(38)24-11-13-25(14-12-24)34-32-35(19-17-23-10-15-26(39-2)27(20-23)40-3)29(36)21-28(42-32)30(37)33-18-16-22-8-6-5-7-9-22/h5-15,20,28H,4,16-19,21H2,1-3H3,(H,33,37). The molecule has 220 valence electrons. The molecule has 0 saturated carbocycles. The summed E-state index contributed by atoms with van der Waals surface area (Å²) >= 11 is 1.27. The van der Waals surface area contributed by atoms with Gasteiger partial charge in [0, 0.05) is 19.5 Å². The predicted octanol–water partition coefficient (Wildman–Crippen LogP) is 4.80. The van der Waals surface area contributed by atoms with Gasteiger partial charge < -0.3 is 19.5 Å². The number of carbonyl (C=O) groups excluding carboxylic acids is 3. The number of carbonyl (C=O) groups is 3. The van der Waals surface area contributed by atoms with Crippen LogP contribution >= 0.6 is 11.8 Å². The molecule has 1 aliphatic heterocycles. The highest BCUT2D eigenvalue weighted by atomic mass is 32.2. The van der Waals surface area contributed by atoms with Crippen LogP contribution in [0.1, 0.15) is 34.8 Å². The van der Waals surface area contributed by atoms with Gasteiger partial charge in [0.05, 0.1) is 37.3 Å². The first kappa shape index (κ1) is 30.6. The van der Waals surface area contributed by atoms with E-state index in [0.29, 0.717) is 53.8 Å². The number of esters is 1. The van der Waals surface area contributed by atoms with Gasteiger partial charge in [-0.15, -0.1) is 0 Å². The van der Waals surface area contributed by atoms with E-state index in [2.05, 4.69) is 5.32 Å². The van der Waals surface area contributed by atoms with Gasteiger partial charge in [-0.25, -0.2) is 9.79 Å². The zero-order valence-corrected chi connectivity index (χ0v) is 24.8. The van der Waals surface area contributed by atoms with Gasteiger partial charge in [-0.1, -0.05) is 48.2 Å². The van der Waals surface area contributed by atoms with E-state index in [1.807, 2.05) is 48.5 Å². The van der Waals surface area contributed by atoms with Gasteiger partial charge in [-0.2, -0.15) is 0 Å². The summed E-state index contributed by atoms with van der Waals surface area (Å²) in [5.41, 5.74) is 3.05. The summed E-state index contributed by atoms with van der Waals surface area (Å²) in [6.07, 6.45) is 1.30. The van der Waals surface area contributed by atoms with Gasteiger partial charge in [0.1, 0.15) is 0 Å². The van der Waals surface area contributed by atoms with Crippen molar-refractivity contribution >= 4 is 40.4 Å². The molecule has 0 spiro atoms. The normalized spacial score (nSPS) is 15.8. The molecule has 1 heterocycles. The number of rotatable bonds is 12. The highest BCUT2D eigenvalue weighted by Crippen LogP contribution is 2.31. The van der Waals surface area contributed by atoms with Gasteiger partial charge in [-0.05, 0) is 67.3 Å². The first-order valence-electron chi connectivity index (χ1n) is 13.8. The van der Waals surface area contributed by atoms with E-state index in [1.165, 1.54) is 11.8 Å². The quantitative estimate of drug-likeness (QED) is 0.303. The number of benzene rings is 3. The van der Waals surface area contributed by atoms with Crippen molar-refractivity contribution in [2.45, 2.75) is 31.4 Å². The number of methoxy groups -OCH3 is 2. The lowest BCUT2D eigenvalue weighted by Gasteiger charge is -2.32. The van der Waals surface area contributed by atoms with E-state index in [1.54, 1.807) is 50.3 Å². The topological polar surface area (TPSA) is 107 Å². The minimum Gasteiger partial charge on any atom is -0.493 e. The minimum atomic E-state index is -0.608. The molecule has 1 atom stereocenters. The molecule has 1 N–H and O–H groups in total. The molecule has 1 unspecified atom stereocenters. The fourth-order valence-electron chi connectivity index (χ4n) is 4.42. The number of hydrogen-bond donors (Lipinski definition) is 1. The first-order valence-corrected chi connectivity index (χ1v) is 14.6. The molecule has 10 heteroatoms. The monoisotopic (exact) mass is 589 g/mol. The number of nitrogens with zero attached hydrogens (tertiary/aromatic N) is 2. The van der Waals surface area contributed by atoms with Crippen LogP contribution in [0.2, 0.25) is 0 Å². The van der Waals surface area contributed by atoms with Gasteiger partial charge in [0.25, 0.3) is 0 Å². The Kier molecular flexibility index (Phi) is 11.0. The van der Waals surface area contributed by atoms with Crippen LogP contribution in [0.4, 0.5) is 5.69 Å². The number of amides is 2. The minimum absolute atomic E-state index is 0.0641. The second-order valence-corrected chi connectivity index (χ2v) is 10.7. The highest BCUT2D eigenvalue weighted by Gasteiger charge is 2.35. The van der Waals surface area contributed by atoms with Gasteiger partial charge in [-0.3, -0.25) is 14.5 Å². The lowest BCUT2D eigenvalue weighted by Crippen LogP contribution is -2.47. The van der Waals surface area contributed by atoms with Crippen molar-refractivity contribution in [3.05, 3.63) is 89.5 Å². The van der Waals surface area contributed by atoms with Crippen LogP contribution in [-0.2, 0) is 27.2 Å². The van der Waals surface area contributed by atoms with Crippen LogP contribution in [0.25, 0.3) is 0 Å². The molecule has 9 nitrogen and oxygen atoms in total. The highest BCUT2D eigenvalue weighted by molar-refractivity contribution is 8.15. The van der Waals surface area contributed by atoms with Crippen molar-refractivity contribution in [1.82, 2.24) is 10.2 Å². The SMILES string of the molecule is CCOC(=O)c1ccc(N=C2SC(C(=O)NCCc3ccccc3)CC(=O)N2CCc2ccc(OC)c(OC)c2)cc1. The summed E-state index contributed by atoms with van der Waals surface area (Å²) in [6.45, 7) is 2.87. The van der Waals surface area contributed by atoms with Crippen molar-refractivity contribution in [3.8, 4) is 11.5 Å². The summed E-state index contributed by atoms with van der Waals surface area (Å²) in [6, 6.07) is 22.2. The van der Waals surface area contributed by atoms with E-state index in [-0.39, 0.29) is 24.8 Å². The zero-order chi connectivity index (χ0) is 29.9. The third kappa shape index (κ3) is 8.13. The van der Waals surface area contributed by atoms with Gasteiger partial charge in [0.15, 0.2) is 16.7 Å². The third-order valence-corrected chi connectivity index (χ3v) is 7.85. The molecule has 3 aromatic carbocycles. The molecule has 0 radical (unpaired) electrons. The van der Waals surface area contributed by atoms with E-state index in [9.17, 15) is 14.4 Å². The van der Waals surface area contributed by atoms with Gasteiger partial charge >= 0.3 is 5.97 Å². The van der Waals surface area contributed by atoms with Crippen LogP contribution in [-0.4, -0.2) is 67.0 Å². The number of aliphatic imine (C=N–C) groups is 1. The summed E-state index contributed by atoms with van der Waals surface area (Å²) in [7, 11) is 3.16. The van der Waals surface area contributed by atoms with Crippen molar-refractivity contribution in [3.63, 3.8) is 0 Å². The molecule has 42 heavy (non-hydrogen) atoms. The number of ether oxygens (including phenoxy) is 3. The van der Waals surface area contributed by atoms with Crippen molar-refractivity contribution < 1.29 is 28.6 Å². The maximum atomic E-state index is 13.4. The molecule has 1 fully saturated rings. The average molecular weight is 590 g/mol. The lowest BCUT2D eigenvalue weighted by molar-refractivity contribution is -0.130. The van der Waals surface area contributed by atoms with Crippen LogP contribution in [0.15, 0.2) is 77.8 Å². The van der Waals surface area contributed by atoms with Crippen molar-refractivity contribution in [1.29, 1.82) is 0 Å². The second kappa shape index (κ2) is 15.1. The molecular weight excluding hydrogens is 554 g/mol. The molecule has 1 aliphatic rings. The molecule has 3 aromatic rings. The van der Waals surface area contributed by atoms with E-state index in [4.69, 9.17) is 19.2 Å². The van der Waals surface area contributed by atoms with Crippen LogP contribution in [0.3, 0.4) is 0 Å². The summed E-state index contributed by atoms with van der Waals surface area (Å²) in [5, 5.41) is 2.79. The molecule has 4 rings (SSSR count). The Labute approximate surface area is 250 Å². The van der Waals surface area contributed by atoms with E-state index in [0.717, 1.165) is 11.1 Å². The molecular formula is C32H35N3O6S. The van der Waals surface area contributed by atoms with Crippen LogP contribution in [0, 0.1) is 0 Å². The largest absolute Gasteiger partial charge is 0.493 e. The zero-order valence-electron chi connectivity index (χ0n) is 24.0. The third-order valence-electron chi connectivity index (χ3n) is 6.66. The Morgan fingerprint density at radius 3 is 2.38 bits per heavy atom. The number of thioether (sulfide) groups is 1. The van der Waals surface area contributed by atoms with E-state index >= 15 is 0 Å². The number of amidine groups is 1. The maximum absolute atomic E-state index is 13.4. The number of nitrogens with one attached hydrogen (secondary N) is 1. The van der Waals surface area contributed by atoms with Crippen LogP contribution < -0.4 is 14.8 Å². The fourth-order valence-corrected chi connectivity index (χ4v) is 5.57. The average Bonchev–Trinajstić information content (AvgIpc) is 3.01. The smallest absolute Gasteiger partial charge is 0.338 e. The summed E-state index contributed by atoms with van der Waals surface area (Å²) < 4.78 is 15.8. The Morgan fingerprint density at radius 2 is 1.69 bits per heavy atom. The fraction of sp³-hybridized carbons (Fsp3) is 0.312. The lowest BCUT2D eigenvalue weighted by atomic mass is 10.1. The molecule has 2 amide bonds. The summed E-state index contributed by atoms with van der Waals surface area (Å²) in [5.74, 6) is 0.439. The molecule has 1 saturated heterocycles. The maximum Gasteiger partial charge on any atom is 0.338 e. The predicted molar refractivity (Wildman–Crippen MR) is 164 cm³/mol. The Balaban J connectivity index is 1.51. The Hall–Kier alpha value is -4.31. The van der Waals surface area contributed by atoms with Crippen molar-refractivity contribution in [2.24, 2.45) is 4.99 Å². The molecule has 0 aromatic heterocycles. The second-order valence-electron chi connectivity index (χ2n) is 9.48.